The van der Waals surface area contributed by atoms with Crippen LogP contribution in [0.1, 0.15) is 18.6 Å². The number of rotatable bonds is 4. The molecule has 0 heterocycles. The van der Waals surface area contributed by atoms with Gasteiger partial charge in [-0.2, -0.15) is 0 Å². The van der Waals surface area contributed by atoms with Crippen LogP contribution in [-0.2, 0) is 4.79 Å². The molecule has 0 aliphatic rings. The molecule has 82 valence electrons. The molecule has 0 saturated heterocycles. The fourth-order valence-corrected chi connectivity index (χ4v) is 1.29. The minimum absolute atomic E-state index is 0.215. The van der Waals surface area contributed by atoms with Gasteiger partial charge in [0, 0.05) is 0 Å². The zero-order valence-electron chi connectivity index (χ0n) is 8.24. The first-order valence-electron chi connectivity index (χ1n) is 4.39. The Morgan fingerprint density at radius 1 is 1.67 bits per heavy atom. The number of nitrogens with two attached hydrogens (primary N) is 1. The van der Waals surface area contributed by atoms with E-state index in [0.29, 0.717) is 16.3 Å². The van der Waals surface area contributed by atoms with Crippen molar-refractivity contribution in [3.63, 3.8) is 0 Å². The van der Waals surface area contributed by atoms with Gasteiger partial charge in [0.2, 0.25) is 0 Å². The number of aliphatic hydroxyl groups is 1. The normalized spacial score (nSPS) is 12.2. The van der Waals surface area contributed by atoms with Gasteiger partial charge in [-0.1, -0.05) is 17.7 Å². The summed E-state index contributed by atoms with van der Waals surface area (Å²) in [4.78, 5) is 10.5. The molecule has 0 saturated carbocycles. The van der Waals surface area contributed by atoms with Crippen molar-refractivity contribution in [2.45, 2.75) is 13.0 Å². The predicted molar refractivity (Wildman–Crippen MR) is 56.8 cm³/mol. The van der Waals surface area contributed by atoms with Gasteiger partial charge >= 0.3 is 0 Å². The lowest BCUT2D eigenvalue weighted by molar-refractivity contribution is -0.119. The fourth-order valence-electron chi connectivity index (χ4n) is 1.04. The van der Waals surface area contributed by atoms with Crippen molar-refractivity contribution in [2.24, 2.45) is 5.73 Å². The smallest absolute Gasteiger partial charge is 0.255 e. The van der Waals surface area contributed by atoms with Gasteiger partial charge in [0.1, 0.15) is 5.75 Å². The average Bonchev–Trinajstić information content (AvgIpc) is 2.15. The first-order chi connectivity index (χ1) is 7.00. The standard InChI is InChI=1S/C10H12ClNO3/c1-6(13)7-2-3-9(8(11)4-7)15-5-10(12)14/h2-4,6,13H,5H2,1H3,(H2,12,14)/t6-/m1/s1. The molecule has 1 atom stereocenters. The molecule has 0 aliphatic heterocycles. The molecule has 15 heavy (non-hydrogen) atoms. The van der Waals surface area contributed by atoms with E-state index in [9.17, 15) is 9.90 Å². The van der Waals surface area contributed by atoms with Gasteiger partial charge in [-0.3, -0.25) is 4.79 Å². The van der Waals surface area contributed by atoms with Crippen LogP contribution in [-0.4, -0.2) is 17.6 Å². The monoisotopic (exact) mass is 229 g/mol. The Hall–Kier alpha value is -1.26. The Labute approximate surface area is 92.6 Å². The molecule has 5 heteroatoms. The third-order valence-electron chi connectivity index (χ3n) is 1.81. The second-order valence-corrected chi connectivity index (χ2v) is 3.53. The highest BCUT2D eigenvalue weighted by Crippen LogP contribution is 2.27. The molecule has 0 spiro atoms. The summed E-state index contributed by atoms with van der Waals surface area (Å²) in [7, 11) is 0. The third kappa shape index (κ3) is 3.42. The molecule has 0 radical (unpaired) electrons. The molecular formula is C10H12ClNO3. The maximum Gasteiger partial charge on any atom is 0.255 e. The summed E-state index contributed by atoms with van der Waals surface area (Å²) in [5.41, 5.74) is 5.61. The lowest BCUT2D eigenvalue weighted by Crippen LogP contribution is -2.20. The highest BCUT2D eigenvalue weighted by Gasteiger charge is 2.07. The Bertz CT molecular complexity index is 366. The summed E-state index contributed by atoms with van der Waals surface area (Å²) in [6, 6.07) is 4.85. The zero-order valence-corrected chi connectivity index (χ0v) is 8.99. The Morgan fingerprint density at radius 3 is 2.80 bits per heavy atom. The quantitative estimate of drug-likeness (QED) is 0.816. The van der Waals surface area contributed by atoms with Crippen LogP contribution in [0.5, 0.6) is 5.75 Å². The van der Waals surface area contributed by atoms with Crippen LogP contribution in [0.15, 0.2) is 18.2 Å². The molecular weight excluding hydrogens is 218 g/mol. The summed E-state index contributed by atoms with van der Waals surface area (Å²) >= 11 is 5.87. The maximum absolute atomic E-state index is 10.5. The second kappa shape index (κ2) is 5.00. The maximum atomic E-state index is 10.5. The first kappa shape index (κ1) is 11.8. The number of amides is 1. The lowest BCUT2D eigenvalue weighted by Gasteiger charge is -2.09. The fraction of sp³-hybridized carbons (Fsp3) is 0.300. The summed E-state index contributed by atoms with van der Waals surface area (Å²) in [6.45, 7) is 1.42. The van der Waals surface area contributed by atoms with E-state index in [1.165, 1.54) is 0 Å². The van der Waals surface area contributed by atoms with E-state index in [1.807, 2.05) is 0 Å². The Morgan fingerprint density at radius 2 is 2.33 bits per heavy atom. The van der Waals surface area contributed by atoms with Crippen molar-refractivity contribution in [3.8, 4) is 5.75 Å². The minimum Gasteiger partial charge on any atom is -0.482 e. The number of carbonyl (C=O) groups excluding carboxylic acids is 1. The number of carbonyl (C=O) groups is 1. The van der Waals surface area contributed by atoms with Gasteiger partial charge in [-0.15, -0.1) is 0 Å². The number of ether oxygens (including phenoxy) is 1. The molecule has 1 aromatic rings. The minimum atomic E-state index is -0.590. The number of hydrogen-bond donors (Lipinski definition) is 2. The summed E-state index contributed by atoms with van der Waals surface area (Å²) in [5.74, 6) is -0.189. The SMILES string of the molecule is C[C@@H](O)c1ccc(OCC(N)=O)c(Cl)c1. The molecule has 1 rings (SSSR count). The van der Waals surface area contributed by atoms with Crippen LogP contribution in [0.3, 0.4) is 0 Å². The zero-order chi connectivity index (χ0) is 11.4. The van der Waals surface area contributed by atoms with Crippen molar-refractivity contribution in [2.75, 3.05) is 6.61 Å². The van der Waals surface area contributed by atoms with Gasteiger partial charge in [0.15, 0.2) is 6.61 Å². The van der Waals surface area contributed by atoms with Crippen molar-refractivity contribution < 1.29 is 14.6 Å². The third-order valence-corrected chi connectivity index (χ3v) is 2.10. The second-order valence-electron chi connectivity index (χ2n) is 3.12. The Kier molecular flexibility index (Phi) is 3.94. The topological polar surface area (TPSA) is 72.6 Å². The average molecular weight is 230 g/mol. The molecule has 1 aromatic carbocycles. The van der Waals surface area contributed by atoms with E-state index in [2.05, 4.69) is 0 Å². The van der Waals surface area contributed by atoms with Crippen LogP contribution < -0.4 is 10.5 Å². The van der Waals surface area contributed by atoms with Crippen LogP contribution >= 0.6 is 11.6 Å². The predicted octanol–water partition coefficient (Wildman–Crippen LogP) is 1.26. The summed E-state index contributed by atoms with van der Waals surface area (Å²) < 4.78 is 5.04. The summed E-state index contributed by atoms with van der Waals surface area (Å²) in [6.07, 6.45) is -0.590. The van der Waals surface area contributed by atoms with E-state index >= 15 is 0 Å². The highest BCUT2D eigenvalue weighted by atomic mass is 35.5. The van der Waals surface area contributed by atoms with Crippen LogP contribution in [0, 0.1) is 0 Å². The largest absolute Gasteiger partial charge is 0.482 e. The molecule has 3 N–H and O–H groups in total. The number of primary amides is 1. The van der Waals surface area contributed by atoms with Gasteiger partial charge in [0.05, 0.1) is 11.1 Å². The number of halogens is 1. The number of hydrogen-bond acceptors (Lipinski definition) is 3. The van der Waals surface area contributed by atoms with Gasteiger partial charge < -0.3 is 15.6 Å². The van der Waals surface area contributed by atoms with Crippen LogP contribution in [0.2, 0.25) is 5.02 Å². The molecule has 4 nitrogen and oxygen atoms in total. The molecule has 0 aromatic heterocycles. The number of benzene rings is 1. The molecule has 1 amide bonds. The van der Waals surface area contributed by atoms with Gasteiger partial charge in [-0.25, -0.2) is 0 Å². The summed E-state index contributed by atoms with van der Waals surface area (Å²) in [5, 5.41) is 9.63. The lowest BCUT2D eigenvalue weighted by atomic mass is 10.1. The highest BCUT2D eigenvalue weighted by molar-refractivity contribution is 6.32. The Balaban J connectivity index is 2.79. The van der Waals surface area contributed by atoms with Gasteiger partial charge in [-0.05, 0) is 24.6 Å². The van der Waals surface area contributed by atoms with Crippen LogP contribution in [0.25, 0.3) is 0 Å². The van der Waals surface area contributed by atoms with Crippen LogP contribution in [0.4, 0.5) is 0 Å². The van der Waals surface area contributed by atoms with Crippen molar-refractivity contribution in [1.82, 2.24) is 0 Å². The van der Waals surface area contributed by atoms with Gasteiger partial charge in [0.25, 0.3) is 5.91 Å². The van der Waals surface area contributed by atoms with E-state index in [0.717, 1.165) is 0 Å². The molecule has 0 unspecified atom stereocenters. The van der Waals surface area contributed by atoms with Crippen molar-refractivity contribution in [1.29, 1.82) is 0 Å². The van der Waals surface area contributed by atoms with E-state index < -0.39 is 12.0 Å². The number of aliphatic hydroxyl groups excluding tert-OH is 1. The molecule has 0 fully saturated rings. The van der Waals surface area contributed by atoms with E-state index in [-0.39, 0.29) is 6.61 Å². The molecule has 0 aliphatic carbocycles. The van der Waals surface area contributed by atoms with E-state index in [1.54, 1.807) is 25.1 Å². The first-order valence-corrected chi connectivity index (χ1v) is 4.77. The molecule has 0 bridgehead atoms. The van der Waals surface area contributed by atoms with E-state index in [4.69, 9.17) is 22.1 Å². The van der Waals surface area contributed by atoms with Crippen molar-refractivity contribution >= 4 is 17.5 Å². The van der Waals surface area contributed by atoms with Crippen molar-refractivity contribution in [3.05, 3.63) is 28.8 Å².